The predicted octanol–water partition coefficient (Wildman–Crippen LogP) is 4.49. The lowest BCUT2D eigenvalue weighted by Gasteiger charge is -2.20. The van der Waals surface area contributed by atoms with Crippen molar-refractivity contribution < 1.29 is 9.59 Å². The van der Waals surface area contributed by atoms with Crippen molar-refractivity contribution in [3.05, 3.63) is 104 Å². The summed E-state index contributed by atoms with van der Waals surface area (Å²) < 4.78 is 0. The topological polar surface area (TPSA) is 158 Å². The van der Waals surface area contributed by atoms with Gasteiger partial charge in [0.2, 0.25) is 0 Å². The van der Waals surface area contributed by atoms with Crippen LogP contribution < -0.4 is 32.1 Å². The number of amides is 2. The normalized spacial score (nSPS) is 11.7. The van der Waals surface area contributed by atoms with Crippen LogP contribution in [0.4, 0.5) is 11.4 Å². The van der Waals surface area contributed by atoms with Crippen molar-refractivity contribution in [2.75, 3.05) is 98.2 Å². The summed E-state index contributed by atoms with van der Waals surface area (Å²) in [6.07, 6.45) is 1.52. The molecule has 6 N–H and O–H groups in total. The molecule has 0 aliphatic rings. The summed E-state index contributed by atoms with van der Waals surface area (Å²) in [7, 11) is 9.86. The second-order valence-corrected chi connectivity index (χ2v) is 14.8. The molecule has 13 nitrogen and oxygen atoms in total. The minimum atomic E-state index is -0.232. The second kappa shape index (κ2) is 18.2. The fourth-order valence-electron chi connectivity index (χ4n) is 6.98. The summed E-state index contributed by atoms with van der Waals surface area (Å²) in [6.45, 7) is 4.98. The van der Waals surface area contributed by atoms with Gasteiger partial charge in [-0.15, -0.1) is 0 Å². The molecule has 0 spiro atoms. The van der Waals surface area contributed by atoms with E-state index in [9.17, 15) is 19.2 Å². The van der Waals surface area contributed by atoms with Crippen molar-refractivity contribution in [1.82, 2.24) is 35.3 Å². The number of aromatic amines is 2. The van der Waals surface area contributed by atoms with Crippen molar-refractivity contribution in [2.24, 2.45) is 0 Å². The van der Waals surface area contributed by atoms with Crippen molar-refractivity contribution in [3.8, 4) is 0 Å². The minimum absolute atomic E-state index is 0.125. The zero-order chi connectivity index (χ0) is 39.8. The highest BCUT2D eigenvalue weighted by molar-refractivity contribution is 6.10. The van der Waals surface area contributed by atoms with E-state index in [1.54, 1.807) is 36.4 Å². The molecule has 294 valence electrons. The molecule has 0 saturated carbocycles. The lowest BCUT2D eigenvalue weighted by atomic mass is 10.0. The van der Waals surface area contributed by atoms with Gasteiger partial charge in [-0.3, -0.25) is 19.2 Å². The van der Waals surface area contributed by atoms with Crippen LogP contribution in [0.15, 0.2) is 82.4 Å². The van der Waals surface area contributed by atoms with E-state index >= 15 is 0 Å². The molecule has 0 aliphatic heterocycles. The Morgan fingerprint density at radius 3 is 1.34 bits per heavy atom. The molecule has 0 radical (unpaired) electrons. The number of hydrogen-bond acceptors (Lipinski definition) is 9. The van der Waals surface area contributed by atoms with Crippen LogP contribution in [0.5, 0.6) is 0 Å². The summed E-state index contributed by atoms with van der Waals surface area (Å²) in [6, 6.07) is 21.9. The Morgan fingerprint density at radius 2 is 0.929 bits per heavy atom. The summed E-state index contributed by atoms with van der Waals surface area (Å²) in [4.78, 5) is 67.4. The van der Waals surface area contributed by atoms with Gasteiger partial charge in [-0.25, -0.2) is 0 Å². The van der Waals surface area contributed by atoms with Crippen molar-refractivity contribution in [3.63, 3.8) is 0 Å². The number of rotatable bonds is 18. The Kier molecular flexibility index (Phi) is 13.0. The summed E-state index contributed by atoms with van der Waals surface area (Å²) >= 11 is 0. The second-order valence-electron chi connectivity index (χ2n) is 14.8. The van der Waals surface area contributed by atoms with Gasteiger partial charge in [0.25, 0.3) is 11.8 Å². The van der Waals surface area contributed by atoms with Crippen LogP contribution in [0.25, 0.3) is 43.6 Å². The highest BCUT2D eigenvalue weighted by Crippen LogP contribution is 2.28. The van der Waals surface area contributed by atoms with E-state index in [4.69, 9.17) is 0 Å². The molecule has 2 heterocycles. The van der Waals surface area contributed by atoms with Crippen LogP contribution in [-0.4, -0.2) is 124 Å². The fourth-order valence-corrected chi connectivity index (χ4v) is 6.98. The SMILES string of the molecule is CN(C)CCNC(=O)c1ccc2[nH]c3ccccc3c(=O)c2c1NCCCN(C)CCCNc1c(C(=O)NCCN(C)C)ccc2[nH]c3ccccc3c(=O)c12. The molecular weight excluding hydrogens is 707 g/mol. The maximum absolute atomic E-state index is 13.8. The molecule has 13 heteroatoms. The Balaban J connectivity index is 1.12. The van der Waals surface area contributed by atoms with E-state index in [0.29, 0.717) is 94.3 Å². The Bertz CT molecular complexity index is 2300. The van der Waals surface area contributed by atoms with Crippen LogP contribution in [0, 0.1) is 0 Å². The van der Waals surface area contributed by atoms with E-state index in [1.807, 2.05) is 74.4 Å². The number of fused-ring (bicyclic) bond motifs is 4. The summed E-state index contributed by atoms with van der Waals surface area (Å²) in [5, 5.41) is 15.0. The number of likely N-dealkylation sites (N-methyl/N-ethyl adjacent to an activating group) is 2. The number of nitrogens with zero attached hydrogens (tertiary/aromatic N) is 3. The maximum Gasteiger partial charge on any atom is 0.253 e. The number of benzene rings is 4. The minimum Gasteiger partial charge on any atom is -0.384 e. The molecule has 0 atom stereocenters. The highest BCUT2D eigenvalue weighted by atomic mass is 16.2. The van der Waals surface area contributed by atoms with Gasteiger partial charge >= 0.3 is 0 Å². The van der Waals surface area contributed by atoms with E-state index < -0.39 is 0 Å². The third-order valence-corrected chi connectivity index (χ3v) is 9.96. The van der Waals surface area contributed by atoms with E-state index in [1.165, 1.54) is 0 Å². The molecule has 0 saturated heterocycles. The number of carbonyl (C=O) groups excluding carboxylic acids is 2. The molecule has 0 unspecified atom stereocenters. The standard InChI is InChI=1S/C43H53N9O4/c1-50(2)26-22-46-42(55)30-16-18-34-36(40(53)28-12-6-8-14-32(28)48-34)38(30)44-20-10-24-52(5)25-11-21-45-39-31(43(56)47-23-27-51(3)4)17-19-35-37(39)41(54)29-13-7-9-15-33(29)49-35/h6-9,12-19,44-45H,10-11,20-27H2,1-5H3,(H,46,55)(H,47,56)(H,48,53)(H,49,54). The zero-order valence-corrected chi connectivity index (χ0v) is 33.0. The monoisotopic (exact) mass is 759 g/mol. The van der Waals surface area contributed by atoms with E-state index in [0.717, 1.165) is 37.0 Å². The van der Waals surface area contributed by atoms with Gasteiger partial charge < -0.3 is 45.9 Å². The number of pyridine rings is 2. The van der Waals surface area contributed by atoms with Crippen LogP contribution in [0.2, 0.25) is 0 Å². The van der Waals surface area contributed by atoms with Gasteiger partial charge in [0.1, 0.15) is 0 Å². The van der Waals surface area contributed by atoms with Gasteiger partial charge in [0.15, 0.2) is 10.9 Å². The number of carbonyl (C=O) groups is 2. The van der Waals surface area contributed by atoms with Crippen molar-refractivity contribution >= 4 is 66.8 Å². The van der Waals surface area contributed by atoms with Crippen LogP contribution in [0.3, 0.4) is 0 Å². The average molecular weight is 760 g/mol. The first-order valence-corrected chi connectivity index (χ1v) is 19.2. The van der Waals surface area contributed by atoms with Gasteiger partial charge in [-0.1, -0.05) is 24.3 Å². The largest absolute Gasteiger partial charge is 0.384 e. The first-order valence-electron chi connectivity index (χ1n) is 19.2. The number of H-pyrrole nitrogens is 2. The first kappa shape index (κ1) is 39.9. The Labute approximate surface area is 326 Å². The van der Waals surface area contributed by atoms with E-state index in [-0.39, 0.29) is 22.7 Å². The number of aromatic nitrogens is 2. The molecule has 2 aromatic heterocycles. The Morgan fingerprint density at radius 1 is 0.518 bits per heavy atom. The molecule has 6 rings (SSSR count). The van der Waals surface area contributed by atoms with Gasteiger partial charge in [-0.05, 0) is 110 Å². The number of hydrogen-bond donors (Lipinski definition) is 6. The average Bonchev–Trinajstić information content (AvgIpc) is 3.17. The molecule has 2 amide bonds. The molecule has 4 aromatic carbocycles. The molecular formula is C43H53N9O4. The first-order chi connectivity index (χ1) is 27.0. The number of nitrogens with one attached hydrogen (secondary N) is 6. The quantitative estimate of drug-likeness (QED) is 0.0549. The van der Waals surface area contributed by atoms with Crippen LogP contribution in [-0.2, 0) is 0 Å². The van der Waals surface area contributed by atoms with Gasteiger partial charge in [-0.2, -0.15) is 0 Å². The highest BCUT2D eigenvalue weighted by Gasteiger charge is 2.20. The molecule has 0 aliphatic carbocycles. The van der Waals surface area contributed by atoms with Crippen LogP contribution >= 0.6 is 0 Å². The molecule has 6 aromatic rings. The summed E-state index contributed by atoms with van der Waals surface area (Å²) in [5.41, 5.74) is 4.50. The van der Waals surface area contributed by atoms with Gasteiger partial charge in [0, 0.05) is 61.1 Å². The third-order valence-electron chi connectivity index (χ3n) is 9.96. The number of para-hydroxylation sites is 2. The zero-order valence-electron chi connectivity index (χ0n) is 33.0. The summed E-state index contributed by atoms with van der Waals surface area (Å²) in [5.74, 6) is -0.465. The molecule has 56 heavy (non-hydrogen) atoms. The smallest absolute Gasteiger partial charge is 0.253 e. The predicted molar refractivity (Wildman–Crippen MR) is 230 cm³/mol. The van der Waals surface area contributed by atoms with Gasteiger partial charge in [0.05, 0.1) is 44.3 Å². The maximum atomic E-state index is 13.8. The van der Waals surface area contributed by atoms with Crippen molar-refractivity contribution in [1.29, 1.82) is 0 Å². The molecule has 0 bridgehead atoms. The lowest BCUT2D eigenvalue weighted by Crippen LogP contribution is -2.32. The van der Waals surface area contributed by atoms with E-state index in [2.05, 4.69) is 43.2 Å². The van der Waals surface area contributed by atoms with Crippen LogP contribution in [0.1, 0.15) is 33.6 Å². The lowest BCUT2D eigenvalue weighted by molar-refractivity contribution is 0.0943. The van der Waals surface area contributed by atoms with Crippen molar-refractivity contribution in [2.45, 2.75) is 12.8 Å². The third kappa shape index (κ3) is 9.19. The Hall–Kier alpha value is -5.76. The number of anilines is 2. The fraction of sp³-hybridized carbons (Fsp3) is 0.349. The molecule has 0 fully saturated rings.